The third kappa shape index (κ3) is 3.63. The summed E-state index contributed by atoms with van der Waals surface area (Å²) in [7, 11) is 1.62. The van der Waals surface area contributed by atoms with Gasteiger partial charge < -0.3 is 10.5 Å². The Morgan fingerprint density at radius 2 is 1.96 bits per heavy atom. The molecule has 1 aromatic rings. The van der Waals surface area contributed by atoms with Crippen molar-refractivity contribution in [3.8, 4) is 5.75 Å². The summed E-state index contributed by atoms with van der Waals surface area (Å²) < 4.78 is 5.80. The van der Waals surface area contributed by atoms with Crippen molar-refractivity contribution in [2.45, 2.75) is 44.1 Å². The van der Waals surface area contributed by atoms with Gasteiger partial charge in [-0.1, -0.05) is 32.1 Å². The van der Waals surface area contributed by atoms with Crippen LogP contribution in [0.1, 0.15) is 38.5 Å². The van der Waals surface area contributed by atoms with E-state index >= 15 is 0 Å². The molecule has 1 unspecified atom stereocenters. The van der Waals surface area contributed by atoms with Gasteiger partial charge in [-0.2, -0.15) is 0 Å². The van der Waals surface area contributed by atoms with Crippen molar-refractivity contribution in [1.29, 1.82) is 0 Å². The molecule has 1 saturated carbocycles. The maximum atomic E-state index is 12.8. The number of nitro groups is 1. The Hall–Kier alpha value is -2.64. The standard InChI is InChI=1S/C18H24N4O4/c1-21-16(23)18(20-17(21)19,11-13-5-3-2-4-6-13)12-26-15-9-7-14(8-10-15)22(24)25/h7-10,13H,2-6,11-12H2,1H3,(H2,19,20). The van der Waals surface area contributed by atoms with Crippen molar-refractivity contribution in [3.63, 3.8) is 0 Å². The van der Waals surface area contributed by atoms with E-state index in [0.717, 1.165) is 12.8 Å². The largest absolute Gasteiger partial charge is 0.490 e. The second-order valence-corrected chi connectivity index (χ2v) is 7.11. The normalized spacial score (nSPS) is 23.8. The van der Waals surface area contributed by atoms with Crippen molar-refractivity contribution < 1.29 is 14.5 Å². The lowest BCUT2D eigenvalue weighted by atomic mass is 9.79. The number of hydrogen-bond acceptors (Lipinski definition) is 6. The van der Waals surface area contributed by atoms with Crippen LogP contribution in [0.5, 0.6) is 5.75 Å². The molecule has 0 spiro atoms. The quantitative estimate of drug-likeness (QED) is 0.619. The number of guanidine groups is 1. The lowest BCUT2D eigenvalue weighted by Gasteiger charge is -2.31. The number of aliphatic imine (C=N–C) groups is 1. The molecule has 1 aromatic carbocycles. The fourth-order valence-corrected chi connectivity index (χ4v) is 3.78. The maximum absolute atomic E-state index is 12.8. The van der Waals surface area contributed by atoms with Crippen LogP contribution in [0.15, 0.2) is 29.3 Å². The molecule has 8 nitrogen and oxygen atoms in total. The summed E-state index contributed by atoms with van der Waals surface area (Å²) in [6.07, 6.45) is 6.38. The Balaban J connectivity index is 1.75. The topological polar surface area (TPSA) is 111 Å². The number of carbonyl (C=O) groups excluding carboxylic acids is 1. The molecule has 0 aromatic heterocycles. The van der Waals surface area contributed by atoms with Gasteiger partial charge in [0.2, 0.25) is 0 Å². The van der Waals surface area contributed by atoms with Crippen LogP contribution < -0.4 is 10.5 Å². The number of hydrogen-bond donors (Lipinski definition) is 1. The summed E-state index contributed by atoms with van der Waals surface area (Å²) in [4.78, 5) is 29.0. The second kappa shape index (κ2) is 7.31. The molecule has 8 heteroatoms. The number of nitro benzene ring substituents is 1. The summed E-state index contributed by atoms with van der Waals surface area (Å²) in [6.45, 7) is 0.0746. The Morgan fingerprint density at radius 1 is 1.31 bits per heavy atom. The van der Waals surface area contributed by atoms with Gasteiger partial charge in [-0.3, -0.25) is 19.8 Å². The number of benzene rings is 1. The zero-order chi connectivity index (χ0) is 18.7. The monoisotopic (exact) mass is 360 g/mol. The van der Waals surface area contributed by atoms with E-state index in [1.54, 1.807) is 7.05 Å². The minimum absolute atomic E-state index is 0.00629. The van der Waals surface area contributed by atoms with Crippen molar-refractivity contribution in [3.05, 3.63) is 34.4 Å². The molecule has 3 rings (SSSR count). The number of ether oxygens (including phenoxy) is 1. The summed E-state index contributed by atoms with van der Waals surface area (Å²) in [6, 6.07) is 5.82. The molecule has 1 atom stereocenters. The molecular weight excluding hydrogens is 336 g/mol. The van der Waals surface area contributed by atoms with Gasteiger partial charge in [-0.25, -0.2) is 4.99 Å². The first-order valence-corrected chi connectivity index (χ1v) is 8.92. The molecule has 0 saturated heterocycles. The highest BCUT2D eigenvalue weighted by atomic mass is 16.6. The first-order chi connectivity index (χ1) is 12.4. The number of carbonyl (C=O) groups is 1. The molecule has 0 radical (unpaired) electrons. The summed E-state index contributed by atoms with van der Waals surface area (Å²) in [5.74, 6) is 0.951. The second-order valence-electron chi connectivity index (χ2n) is 7.11. The molecule has 2 aliphatic rings. The highest BCUT2D eigenvalue weighted by molar-refractivity contribution is 6.06. The average molecular weight is 360 g/mol. The van der Waals surface area contributed by atoms with Gasteiger partial charge in [0.1, 0.15) is 12.4 Å². The predicted molar refractivity (Wildman–Crippen MR) is 96.9 cm³/mol. The smallest absolute Gasteiger partial charge is 0.269 e. The molecule has 2 N–H and O–H groups in total. The van der Waals surface area contributed by atoms with Crippen molar-refractivity contribution in [1.82, 2.24) is 4.90 Å². The van der Waals surface area contributed by atoms with Crippen LogP contribution >= 0.6 is 0 Å². The van der Waals surface area contributed by atoms with Crippen molar-refractivity contribution >= 4 is 17.6 Å². The molecule has 26 heavy (non-hydrogen) atoms. The van der Waals surface area contributed by atoms with Crippen LogP contribution in [-0.4, -0.2) is 40.9 Å². The number of nitrogens with two attached hydrogens (primary N) is 1. The number of rotatable bonds is 6. The highest BCUT2D eigenvalue weighted by Gasteiger charge is 2.48. The van der Waals surface area contributed by atoms with E-state index in [2.05, 4.69) is 4.99 Å². The Kier molecular flexibility index (Phi) is 5.11. The fourth-order valence-electron chi connectivity index (χ4n) is 3.78. The lowest BCUT2D eigenvalue weighted by Crippen LogP contribution is -2.47. The van der Waals surface area contributed by atoms with Crippen molar-refractivity contribution in [2.75, 3.05) is 13.7 Å². The van der Waals surface area contributed by atoms with E-state index in [1.165, 1.54) is 48.4 Å². The van der Waals surface area contributed by atoms with E-state index in [-0.39, 0.29) is 24.2 Å². The van der Waals surface area contributed by atoms with Crippen LogP contribution in [0, 0.1) is 16.0 Å². The highest BCUT2D eigenvalue weighted by Crippen LogP contribution is 2.36. The molecule has 1 aliphatic heterocycles. The maximum Gasteiger partial charge on any atom is 0.269 e. The zero-order valence-electron chi connectivity index (χ0n) is 14.9. The molecular formula is C18H24N4O4. The van der Waals surface area contributed by atoms with E-state index in [1.807, 2.05) is 0 Å². The SMILES string of the molecule is CN1C(=O)C(COc2ccc([N+](=O)[O-])cc2)(CC2CCCCC2)N=C1N. The molecule has 140 valence electrons. The molecule has 1 amide bonds. The van der Waals surface area contributed by atoms with Gasteiger partial charge in [-0.15, -0.1) is 0 Å². The van der Waals surface area contributed by atoms with Gasteiger partial charge in [0.15, 0.2) is 11.5 Å². The summed E-state index contributed by atoms with van der Waals surface area (Å²) in [5.41, 5.74) is 4.88. The van der Waals surface area contributed by atoms with Gasteiger partial charge in [0.05, 0.1) is 4.92 Å². The van der Waals surface area contributed by atoms with E-state index in [4.69, 9.17) is 10.5 Å². The zero-order valence-corrected chi connectivity index (χ0v) is 14.9. The van der Waals surface area contributed by atoms with Crippen LogP contribution in [0.4, 0.5) is 5.69 Å². The van der Waals surface area contributed by atoms with E-state index in [0.29, 0.717) is 18.1 Å². The van der Waals surface area contributed by atoms with Crippen LogP contribution in [0.25, 0.3) is 0 Å². The first-order valence-electron chi connectivity index (χ1n) is 8.92. The number of amides is 1. The Bertz CT molecular complexity index is 712. The molecule has 1 fully saturated rings. The van der Waals surface area contributed by atoms with Crippen LogP contribution in [0.3, 0.4) is 0 Å². The third-order valence-electron chi connectivity index (χ3n) is 5.25. The molecule has 1 aliphatic carbocycles. The molecule has 0 bridgehead atoms. The average Bonchev–Trinajstić information content (AvgIpc) is 2.85. The number of likely N-dealkylation sites (N-methyl/N-ethyl adjacent to an activating group) is 1. The van der Waals surface area contributed by atoms with E-state index in [9.17, 15) is 14.9 Å². The fraction of sp³-hybridized carbons (Fsp3) is 0.556. The molecule has 1 heterocycles. The lowest BCUT2D eigenvalue weighted by molar-refractivity contribution is -0.384. The minimum Gasteiger partial charge on any atom is -0.490 e. The summed E-state index contributed by atoms with van der Waals surface area (Å²) >= 11 is 0. The van der Waals surface area contributed by atoms with Crippen LogP contribution in [0.2, 0.25) is 0 Å². The van der Waals surface area contributed by atoms with Gasteiger partial charge in [0.25, 0.3) is 11.6 Å². The minimum atomic E-state index is -1.01. The van der Waals surface area contributed by atoms with Crippen LogP contribution in [-0.2, 0) is 4.79 Å². The Labute approximate surface area is 152 Å². The van der Waals surface area contributed by atoms with Gasteiger partial charge in [0, 0.05) is 19.2 Å². The first kappa shape index (κ1) is 18.2. The predicted octanol–water partition coefficient (Wildman–Crippen LogP) is 2.47. The number of non-ortho nitro benzene ring substituents is 1. The van der Waals surface area contributed by atoms with E-state index < -0.39 is 10.5 Å². The van der Waals surface area contributed by atoms with Crippen molar-refractivity contribution in [2.24, 2.45) is 16.6 Å². The number of nitrogens with zero attached hydrogens (tertiary/aromatic N) is 3. The Morgan fingerprint density at radius 3 is 2.50 bits per heavy atom. The third-order valence-corrected chi connectivity index (χ3v) is 5.25. The summed E-state index contributed by atoms with van der Waals surface area (Å²) in [5, 5.41) is 10.7. The van der Waals surface area contributed by atoms with Gasteiger partial charge in [-0.05, 0) is 24.5 Å². The van der Waals surface area contributed by atoms with Gasteiger partial charge >= 0.3 is 0 Å².